The number of carbonyl (C=O) groups is 1. The predicted molar refractivity (Wildman–Crippen MR) is 187 cm³/mol. The first kappa shape index (κ1) is 35.5. The molecule has 0 spiro atoms. The van der Waals surface area contributed by atoms with E-state index in [1.807, 2.05) is 39.0 Å². The lowest BCUT2D eigenvalue weighted by atomic mass is 9.92. The minimum Gasteiger partial charge on any atom is -0.461 e. The maximum absolute atomic E-state index is 13.6. The average molecular weight is 677 g/mol. The van der Waals surface area contributed by atoms with Gasteiger partial charge in [0.1, 0.15) is 12.4 Å². The van der Waals surface area contributed by atoms with Gasteiger partial charge in [0.05, 0.1) is 29.5 Å². The highest BCUT2D eigenvalue weighted by atomic mass is 35.5. The van der Waals surface area contributed by atoms with Gasteiger partial charge in [0.15, 0.2) is 5.83 Å². The second-order valence-electron chi connectivity index (χ2n) is 12.5. The van der Waals surface area contributed by atoms with Crippen molar-refractivity contribution >= 4 is 34.1 Å². The molecule has 2 atom stereocenters. The van der Waals surface area contributed by atoms with E-state index in [0.717, 1.165) is 59.3 Å². The highest BCUT2D eigenvalue weighted by molar-refractivity contribution is 6.35. The number of halogens is 2. The van der Waals surface area contributed by atoms with E-state index in [1.165, 1.54) is 24.7 Å². The number of aromatic nitrogens is 2. The van der Waals surface area contributed by atoms with Crippen molar-refractivity contribution < 1.29 is 18.7 Å². The van der Waals surface area contributed by atoms with Crippen LogP contribution in [-0.2, 0) is 16.0 Å². The molecule has 5 heterocycles. The Kier molecular flexibility index (Phi) is 11.6. The van der Waals surface area contributed by atoms with Gasteiger partial charge >= 0.3 is 6.01 Å². The molecular weight excluding hydrogens is 631 g/mol. The van der Waals surface area contributed by atoms with Gasteiger partial charge < -0.3 is 19.3 Å². The number of fused-ring (bicyclic) bond motifs is 3. The molecule has 2 unspecified atom stereocenters. The molecule has 48 heavy (non-hydrogen) atoms. The van der Waals surface area contributed by atoms with Crippen molar-refractivity contribution in [2.24, 2.45) is 0 Å². The summed E-state index contributed by atoms with van der Waals surface area (Å²) in [6, 6.07) is 14.3. The normalized spacial score (nSPS) is 21.2. The zero-order valence-electron chi connectivity index (χ0n) is 28.5. The third kappa shape index (κ3) is 7.14. The Bertz CT molecular complexity index is 1660. The van der Waals surface area contributed by atoms with Crippen LogP contribution in [0.3, 0.4) is 0 Å². The van der Waals surface area contributed by atoms with Gasteiger partial charge in [-0.1, -0.05) is 62.4 Å². The summed E-state index contributed by atoms with van der Waals surface area (Å²) in [5.41, 5.74) is 2.94. The third-order valence-electron chi connectivity index (χ3n) is 9.75. The van der Waals surface area contributed by atoms with Crippen molar-refractivity contribution in [2.75, 3.05) is 50.8 Å². The Hall–Kier alpha value is -3.78. The molecule has 0 bridgehead atoms. The van der Waals surface area contributed by atoms with E-state index in [2.05, 4.69) is 34.6 Å². The lowest BCUT2D eigenvalue weighted by molar-refractivity contribution is -0.128. The van der Waals surface area contributed by atoms with Gasteiger partial charge in [-0.2, -0.15) is 15.2 Å². The second-order valence-corrected chi connectivity index (χ2v) is 12.9. The van der Waals surface area contributed by atoms with E-state index in [-0.39, 0.29) is 17.7 Å². The van der Waals surface area contributed by atoms with Crippen LogP contribution in [0.4, 0.5) is 10.2 Å². The van der Waals surface area contributed by atoms with Gasteiger partial charge in [0, 0.05) is 55.5 Å². The first-order chi connectivity index (χ1) is 23.2. The Labute approximate surface area is 288 Å². The summed E-state index contributed by atoms with van der Waals surface area (Å²) < 4.78 is 26.7. The van der Waals surface area contributed by atoms with Crippen LogP contribution in [0.25, 0.3) is 10.8 Å². The first-order valence-electron chi connectivity index (χ1n) is 17.1. The van der Waals surface area contributed by atoms with Crippen LogP contribution in [-0.4, -0.2) is 77.1 Å². The molecule has 0 N–H and O–H groups in total. The van der Waals surface area contributed by atoms with Crippen molar-refractivity contribution in [3.8, 4) is 12.1 Å². The highest BCUT2D eigenvalue weighted by Gasteiger charge is 2.45. The number of piperazine rings is 1. The minimum absolute atomic E-state index is 0.0683. The molecule has 4 aliphatic heterocycles. The Morgan fingerprint density at radius 3 is 2.40 bits per heavy atom. The van der Waals surface area contributed by atoms with E-state index in [4.69, 9.17) is 36.3 Å². The number of anilines is 1. The number of rotatable bonds is 6. The van der Waals surface area contributed by atoms with Gasteiger partial charge in [-0.15, -0.1) is 0 Å². The topological polar surface area (TPSA) is 94.8 Å². The summed E-state index contributed by atoms with van der Waals surface area (Å²) in [5.74, 6) is -0.823. The maximum atomic E-state index is 13.6. The van der Waals surface area contributed by atoms with Gasteiger partial charge in [0.25, 0.3) is 5.91 Å². The quantitative estimate of drug-likeness (QED) is 0.250. The molecule has 4 aliphatic rings. The number of carbonyl (C=O) groups excluding carboxylic acids is 1. The van der Waals surface area contributed by atoms with E-state index >= 15 is 0 Å². The zero-order valence-corrected chi connectivity index (χ0v) is 29.2. The molecule has 2 aromatic carbocycles. The fraction of sp³-hybridized carbons (Fsp3) is 0.514. The summed E-state index contributed by atoms with van der Waals surface area (Å²) in [4.78, 5) is 28.4. The fourth-order valence-corrected chi connectivity index (χ4v) is 7.91. The molecular formula is C37H46ClFN6O3. The van der Waals surface area contributed by atoms with E-state index in [0.29, 0.717) is 50.2 Å². The Morgan fingerprint density at radius 1 is 1.10 bits per heavy atom. The number of hydrogen-bond donors (Lipinski definition) is 0. The van der Waals surface area contributed by atoms with Gasteiger partial charge in [-0.05, 0) is 62.7 Å². The summed E-state index contributed by atoms with van der Waals surface area (Å²) in [7, 11) is 0. The molecule has 0 radical (unpaired) electrons. The number of hydrogen-bond acceptors (Lipinski definition) is 8. The van der Waals surface area contributed by atoms with Crippen LogP contribution in [0.2, 0.25) is 5.02 Å². The second kappa shape index (κ2) is 15.6. The summed E-state index contributed by atoms with van der Waals surface area (Å²) >= 11 is 6.70. The third-order valence-corrected chi connectivity index (χ3v) is 10.1. The standard InChI is InChI=1S/C33H37ClFN5O3.C2H3N.C2H6/c1-21(35)31(41)39-17-15-38(16-18-39)30-28-22(2)43-27(24-9-3-7-23-8-4-10-25(34)29(23)24)19-26(28)36-32(37-30)42-20-33-11-5-13-40(33)14-6-12-33;1-2-3;1-2/h3-4,7-10,22,27H,1,5-6,11-20H2,2H3;1H3;1-2H3. The number of benzene rings is 2. The van der Waals surface area contributed by atoms with Gasteiger partial charge in [0.2, 0.25) is 0 Å². The van der Waals surface area contributed by atoms with Crippen molar-refractivity contribution in [2.45, 2.75) is 77.5 Å². The molecule has 0 aliphatic carbocycles. The summed E-state index contributed by atoms with van der Waals surface area (Å²) in [5, 5.41) is 10.1. The van der Waals surface area contributed by atoms with Crippen molar-refractivity contribution in [1.82, 2.24) is 19.8 Å². The monoisotopic (exact) mass is 676 g/mol. The van der Waals surface area contributed by atoms with Crippen LogP contribution >= 0.6 is 11.6 Å². The average Bonchev–Trinajstić information content (AvgIpc) is 3.68. The molecule has 3 saturated heterocycles. The number of ether oxygens (including phenoxy) is 2. The van der Waals surface area contributed by atoms with Crippen LogP contribution in [0.5, 0.6) is 6.01 Å². The van der Waals surface area contributed by atoms with Crippen LogP contribution in [0.15, 0.2) is 48.8 Å². The lowest BCUT2D eigenvalue weighted by Crippen LogP contribution is -2.49. The summed E-state index contributed by atoms with van der Waals surface area (Å²) in [6.45, 7) is 15.2. The molecule has 7 rings (SSSR count). The van der Waals surface area contributed by atoms with Crippen LogP contribution in [0.1, 0.15) is 82.4 Å². The van der Waals surface area contributed by atoms with E-state index in [1.54, 1.807) is 6.07 Å². The number of amides is 1. The zero-order chi connectivity index (χ0) is 34.4. The molecule has 3 aromatic rings. The Morgan fingerprint density at radius 2 is 1.75 bits per heavy atom. The van der Waals surface area contributed by atoms with Crippen LogP contribution < -0.4 is 9.64 Å². The molecule has 1 amide bonds. The first-order valence-corrected chi connectivity index (χ1v) is 17.4. The SMILES string of the molecule is C=C(F)C(=O)N1CCN(c2nc(OCC34CCCN3CCC4)nc3c2C(C)OC(c2cccc4cccc(Cl)c24)C3)CC1.CC.CC#N. The summed E-state index contributed by atoms with van der Waals surface area (Å²) in [6.07, 6.45) is 4.67. The smallest absolute Gasteiger partial charge is 0.318 e. The van der Waals surface area contributed by atoms with Gasteiger partial charge in [-0.3, -0.25) is 9.69 Å². The van der Waals surface area contributed by atoms with Crippen molar-refractivity contribution in [3.63, 3.8) is 0 Å². The largest absolute Gasteiger partial charge is 0.461 e. The highest BCUT2D eigenvalue weighted by Crippen LogP contribution is 2.44. The molecule has 0 saturated carbocycles. The van der Waals surface area contributed by atoms with Crippen LogP contribution in [0, 0.1) is 11.3 Å². The number of nitrogens with zero attached hydrogens (tertiary/aromatic N) is 6. The molecule has 256 valence electrons. The predicted octanol–water partition coefficient (Wildman–Crippen LogP) is 7.35. The van der Waals surface area contributed by atoms with Gasteiger partial charge in [-0.25, -0.2) is 4.39 Å². The molecule has 9 nitrogen and oxygen atoms in total. The van der Waals surface area contributed by atoms with Crippen molar-refractivity contribution in [1.29, 1.82) is 5.26 Å². The molecule has 11 heteroatoms. The maximum Gasteiger partial charge on any atom is 0.318 e. The Balaban J connectivity index is 0.000000855. The molecule has 1 aromatic heterocycles. The van der Waals surface area contributed by atoms with E-state index < -0.39 is 11.7 Å². The minimum atomic E-state index is -0.933. The van der Waals surface area contributed by atoms with E-state index in [9.17, 15) is 9.18 Å². The van der Waals surface area contributed by atoms with Crippen molar-refractivity contribution in [3.05, 3.63) is 70.6 Å². The fourth-order valence-electron chi connectivity index (χ4n) is 7.62. The number of nitriles is 1. The lowest BCUT2D eigenvalue weighted by Gasteiger charge is -2.39. The molecule has 3 fully saturated rings.